The number of halogens is 1. The van der Waals surface area contributed by atoms with Gasteiger partial charge in [-0.2, -0.15) is 0 Å². The van der Waals surface area contributed by atoms with Gasteiger partial charge in [0.05, 0.1) is 13.2 Å². The Labute approximate surface area is 138 Å². The lowest BCUT2D eigenvalue weighted by Gasteiger charge is -2.34. The van der Waals surface area contributed by atoms with Crippen LogP contribution in [0.15, 0.2) is 24.3 Å². The molecule has 0 saturated carbocycles. The molecule has 0 radical (unpaired) electrons. The van der Waals surface area contributed by atoms with E-state index in [0.717, 1.165) is 0 Å². The molecule has 1 amide bonds. The number of morpholine rings is 1. The zero-order chi connectivity index (χ0) is 16.8. The van der Waals surface area contributed by atoms with E-state index >= 15 is 0 Å². The van der Waals surface area contributed by atoms with Crippen LogP contribution in [0.3, 0.4) is 0 Å². The molecule has 1 fully saturated rings. The van der Waals surface area contributed by atoms with Crippen LogP contribution in [0.1, 0.15) is 18.5 Å². The Balaban J connectivity index is 2.20. The highest BCUT2D eigenvalue weighted by atomic mass is 32.2. The summed E-state index contributed by atoms with van der Waals surface area (Å²) in [7, 11) is -1.00. The maximum atomic E-state index is 14.2. The molecule has 0 spiro atoms. The molecule has 0 aliphatic carbocycles. The van der Waals surface area contributed by atoms with Gasteiger partial charge in [0.1, 0.15) is 11.9 Å². The van der Waals surface area contributed by atoms with Gasteiger partial charge in [0, 0.05) is 47.5 Å². The molecule has 1 aliphatic heterocycles. The van der Waals surface area contributed by atoms with Gasteiger partial charge in [0.2, 0.25) is 5.91 Å². The van der Waals surface area contributed by atoms with E-state index in [1.807, 2.05) is 4.90 Å². The van der Waals surface area contributed by atoms with E-state index in [1.165, 1.54) is 6.07 Å². The number of hydrogen-bond acceptors (Lipinski definition) is 4. The fraction of sp³-hybridized carbons (Fsp3) is 0.562. The largest absolute Gasteiger partial charge is 0.379 e. The summed E-state index contributed by atoms with van der Waals surface area (Å²) in [6.07, 6.45) is 1.60. The maximum absolute atomic E-state index is 14.2. The predicted molar refractivity (Wildman–Crippen MR) is 88.1 cm³/mol. The van der Waals surface area contributed by atoms with E-state index in [4.69, 9.17) is 4.74 Å². The molecule has 2 rings (SSSR count). The number of benzene rings is 1. The number of hydrogen-bond donors (Lipinski definition) is 1. The van der Waals surface area contributed by atoms with Crippen molar-refractivity contribution in [3.05, 3.63) is 35.6 Å². The molecular formula is C16H23FN2O3S. The number of amides is 1. The van der Waals surface area contributed by atoms with Crippen molar-refractivity contribution in [2.45, 2.75) is 19.0 Å². The van der Waals surface area contributed by atoms with Crippen LogP contribution < -0.4 is 5.32 Å². The monoisotopic (exact) mass is 342 g/mol. The molecule has 1 aliphatic rings. The first kappa shape index (κ1) is 18.0. The van der Waals surface area contributed by atoms with E-state index in [-0.39, 0.29) is 11.9 Å². The van der Waals surface area contributed by atoms with E-state index in [9.17, 15) is 13.4 Å². The quantitative estimate of drug-likeness (QED) is 0.841. The van der Waals surface area contributed by atoms with Gasteiger partial charge in [-0.1, -0.05) is 18.2 Å². The molecule has 5 nitrogen and oxygen atoms in total. The minimum absolute atomic E-state index is 0.233. The normalized spacial score (nSPS) is 19.8. The van der Waals surface area contributed by atoms with E-state index < -0.39 is 22.7 Å². The summed E-state index contributed by atoms with van der Waals surface area (Å²) in [5.74, 6) is -0.292. The van der Waals surface area contributed by atoms with Gasteiger partial charge >= 0.3 is 0 Å². The summed E-state index contributed by atoms with van der Waals surface area (Å²) in [6, 6.07) is 5.40. The van der Waals surface area contributed by atoms with Crippen molar-refractivity contribution in [1.29, 1.82) is 0 Å². The third kappa shape index (κ3) is 5.09. The molecule has 3 atom stereocenters. The van der Waals surface area contributed by atoms with E-state index in [2.05, 4.69) is 5.32 Å². The Morgan fingerprint density at radius 3 is 2.65 bits per heavy atom. The first-order chi connectivity index (χ1) is 11.0. The molecule has 1 heterocycles. The molecule has 1 aromatic carbocycles. The second-order valence-electron chi connectivity index (χ2n) is 5.72. The smallest absolute Gasteiger partial charge is 0.242 e. The number of carbonyl (C=O) groups is 1. The van der Waals surface area contributed by atoms with Gasteiger partial charge in [-0.05, 0) is 13.0 Å². The molecular weight excluding hydrogens is 319 g/mol. The maximum Gasteiger partial charge on any atom is 0.242 e. The van der Waals surface area contributed by atoms with Crippen molar-refractivity contribution in [2.24, 2.45) is 0 Å². The summed E-state index contributed by atoms with van der Waals surface area (Å²) in [6.45, 7) is 3.98. The molecule has 7 heteroatoms. The molecule has 1 saturated heterocycles. The summed E-state index contributed by atoms with van der Waals surface area (Å²) < 4.78 is 30.8. The van der Waals surface area contributed by atoms with Crippen molar-refractivity contribution in [3.8, 4) is 0 Å². The SMILES string of the molecule is C[C@H](C[S@@](C)=O)NC(=O)[C@@H](c1ccccc1F)N1CCOCC1. The van der Waals surface area contributed by atoms with Gasteiger partial charge in [-0.3, -0.25) is 13.9 Å². The first-order valence-electron chi connectivity index (χ1n) is 7.65. The minimum Gasteiger partial charge on any atom is -0.379 e. The molecule has 1 aromatic rings. The summed E-state index contributed by atoms with van der Waals surface area (Å²) >= 11 is 0. The second-order valence-corrected chi connectivity index (χ2v) is 7.20. The molecule has 23 heavy (non-hydrogen) atoms. The molecule has 128 valence electrons. The number of ether oxygens (including phenoxy) is 1. The fourth-order valence-corrected chi connectivity index (χ4v) is 3.54. The van der Waals surface area contributed by atoms with Gasteiger partial charge < -0.3 is 10.1 Å². The van der Waals surface area contributed by atoms with Crippen LogP contribution in [0.5, 0.6) is 0 Å². The van der Waals surface area contributed by atoms with Crippen LogP contribution in [0.25, 0.3) is 0 Å². The Morgan fingerprint density at radius 1 is 1.39 bits per heavy atom. The van der Waals surface area contributed by atoms with Gasteiger partial charge in [0.15, 0.2) is 0 Å². The highest BCUT2D eigenvalue weighted by Gasteiger charge is 2.31. The van der Waals surface area contributed by atoms with Crippen LogP contribution in [-0.4, -0.2) is 59.4 Å². The lowest BCUT2D eigenvalue weighted by molar-refractivity contribution is -0.129. The minimum atomic E-state index is -1.00. The topological polar surface area (TPSA) is 58.6 Å². The highest BCUT2D eigenvalue weighted by Crippen LogP contribution is 2.24. The Kier molecular flexibility index (Phi) is 6.68. The van der Waals surface area contributed by atoms with Crippen LogP contribution >= 0.6 is 0 Å². The van der Waals surface area contributed by atoms with Crippen LogP contribution in [0, 0.1) is 5.82 Å². The van der Waals surface area contributed by atoms with Gasteiger partial charge in [-0.15, -0.1) is 0 Å². The number of rotatable bonds is 6. The predicted octanol–water partition coefficient (Wildman–Crippen LogP) is 1.08. The van der Waals surface area contributed by atoms with Gasteiger partial charge in [-0.25, -0.2) is 4.39 Å². The standard InChI is InChI=1S/C16H23FN2O3S/c1-12(11-23(2)21)18-16(20)15(19-7-9-22-10-8-19)13-5-3-4-6-14(13)17/h3-6,12,15H,7-11H2,1-2H3,(H,18,20)/t12-,15-,23-/m1/s1. The number of nitrogens with zero attached hydrogens (tertiary/aromatic N) is 1. The van der Waals surface area contributed by atoms with Gasteiger partial charge in [0.25, 0.3) is 0 Å². The molecule has 0 aromatic heterocycles. The van der Waals surface area contributed by atoms with Crippen molar-refractivity contribution in [1.82, 2.24) is 10.2 Å². The zero-order valence-electron chi connectivity index (χ0n) is 13.5. The summed E-state index contributed by atoms with van der Waals surface area (Å²) in [4.78, 5) is 14.7. The average Bonchev–Trinajstić information content (AvgIpc) is 2.49. The van der Waals surface area contributed by atoms with Crippen molar-refractivity contribution in [2.75, 3.05) is 38.3 Å². The summed E-state index contributed by atoms with van der Waals surface area (Å²) in [5, 5.41) is 2.85. The van der Waals surface area contributed by atoms with Crippen molar-refractivity contribution >= 4 is 16.7 Å². The van der Waals surface area contributed by atoms with Crippen molar-refractivity contribution < 1.29 is 18.1 Å². The average molecular weight is 342 g/mol. The third-order valence-corrected chi connectivity index (χ3v) is 4.70. The van der Waals surface area contributed by atoms with Crippen LogP contribution in [0.4, 0.5) is 4.39 Å². The zero-order valence-corrected chi connectivity index (χ0v) is 14.3. The first-order valence-corrected chi connectivity index (χ1v) is 9.38. The number of nitrogens with one attached hydrogen (secondary N) is 1. The second kappa shape index (κ2) is 8.52. The molecule has 0 unspecified atom stereocenters. The third-order valence-electron chi connectivity index (χ3n) is 3.73. The molecule has 0 bridgehead atoms. The highest BCUT2D eigenvalue weighted by molar-refractivity contribution is 7.84. The fourth-order valence-electron chi connectivity index (χ4n) is 2.75. The Morgan fingerprint density at radius 2 is 2.04 bits per heavy atom. The Bertz CT molecular complexity index is 564. The number of carbonyl (C=O) groups excluding carboxylic acids is 1. The summed E-state index contributed by atoms with van der Waals surface area (Å²) in [5.41, 5.74) is 0.358. The van der Waals surface area contributed by atoms with Crippen LogP contribution in [-0.2, 0) is 20.3 Å². The van der Waals surface area contributed by atoms with Crippen LogP contribution in [0.2, 0.25) is 0 Å². The Hall–Kier alpha value is -1.31. The lowest BCUT2D eigenvalue weighted by atomic mass is 10.0. The van der Waals surface area contributed by atoms with Crippen molar-refractivity contribution in [3.63, 3.8) is 0 Å². The van der Waals surface area contributed by atoms with E-state index in [0.29, 0.717) is 37.6 Å². The van der Waals surface area contributed by atoms with E-state index in [1.54, 1.807) is 31.4 Å². The lowest BCUT2D eigenvalue weighted by Crippen LogP contribution is -2.48. The molecule has 1 N–H and O–H groups in total.